The topological polar surface area (TPSA) is 44.8 Å². The van der Waals surface area contributed by atoms with Crippen molar-refractivity contribution in [2.45, 2.75) is 30.2 Å². The molecule has 2 heterocycles. The molecule has 156 valence electrons. The second kappa shape index (κ2) is 9.47. The maximum atomic E-state index is 13.4. The number of benzene rings is 2. The molecule has 0 aliphatic carbocycles. The van der Waals surface area contributed by atoms with Crippen molar-refractivity contribution in [1.29, 1.82) is 0 Å². The number of ether oxygens (including phenoxy) is 1. The van der Waals surface area contributed by atoms with E-state index in [-0.39, 0.29) is 5.91 Å². The lowest BCUT2D eigenvalue weighted by Crippen LogP contribution is -2.57. The summed E-state index contributed by atoms with van der Waals surface area (Å²) >= 11 is 4.61. The van der Waals surface area contributed by atoms with Gasteiger partial charge in [0.2, 0.25) is 0 Å². The molecule has 3 atom stereocenters. The zero-order chi connectivity index (χ0) is 20.2. The summed E-state index contributed by atoms with van der Waals surface area (Å²) < 4.78 is 5.36. The van der Waals surface area contributed by atoms with Gasteiger partial charge in [-0.2, -0.15) is 12.6 Å². The third-order valence-corrected chi connectivity index (χ3v) is 6.61. The molecular weight excluding hydrogens is 382 g/mol. The Hall–Kier alpha value is -1.60. The first-order chi connectivity index (χ1) is 14.2. The van der Waals surface area contributed by atoms with E-state index in [1.165, 1.54) is 0 Å². The first-order valence-corrected chi connectivity index (χ1v) is 11.1. The van der Waals surface area contributed by atoms with E-state index < -0.39 is 0 Å². The standard InChI is InChI=1S/C23H31N3O2S/c1-28-12-9-19-16-26(11-10-25(19)15-18-13-20(29)14-24-18)23(27)22-8-4-6-17-5-2-3-7-21(17)22/h2-8,18-20,24,29H,9-16H2,1H3/t18?,19-,20-/m1/s1. The van der Waals surface area contributed by atoms with Gasteiger partial charge >= 0.3 is 0 Å². The molecule has 6 heteroatoms. The molecule has 0 saturated carbocycles. The van der Waals surface area contributed by atoms with Gasteiger partial charge in [-0.15, -0.1) is 0 Å². The maximum absolute atomic E-state index is 13.4. The van der Waals surface area contributed by atoms with Crippen LogP contribution in [0.4, 0.5) is 0 Å². The third kappa shape index (κ3) is 4.77. The highest BCUT2D eigenvalue weighted by atomic mass is 32.1. The Balaban J connectivity index is 1.48. The number of nitrogens with one attached hydrogen (secondary N) is 1. The average molecular weight is 414 g/mol. The first-order valence-electron chi connectivity index (χ1n) is 10.6. The molecule has 2 fully saturated rings. The third-order valence-electron chi connectivity index (χ3n) is 6.22. The van der Waals surface area contributed by atoms with E-state index in [1.807, 2.05) is 35.2 Å². The molecule has 1 amide bonds. The fraction of sp³-hybridized carbons (Fsp3) is 0.522. The largest absolute Gasteiger partial charge is 0.385 e. The van der Waals surface area contributed by atoms with Crippen molar-refractivity contribution in [1.82, 2.24) is 15.1 Å². The van der Waals surface area contributed by atoms with Crippen LogP contribution < -0.4 is 5.32 Å². The quantitative estimate of drug-likeness (QED) is 0.715. The minimum absolute atomic E-state index is 0.137. The molecule has 5 nitrogen and oxygen atoms in total. The summed E-state index contributed by atoms with van der Waals surface area (Å²) in [6.07, 6.45) is 2.04. The number of hydrogen-bond donors (Lipinski definition) is 2. The van der Waals surface area contributed by atoms with Crippen LogP contribution in [0.25, 0.3) is 10.8 Å². The van der Waals surface area contributed by atoms with E-state index in [9.17, 15) is 4.79 Å². The predicted molar refractivity (Wildman–Crippen MR) is 121 cm³/mol. The Morgan fingerprint density at radius 1 is 1.21 bits per heavy atom. The second-order valence-corrected chi connectivity index (χ2v) is 8.93. The van der Waals surface area contributed by atoms with Crippen molar-refractivity contribution in [3.8, 4) is 0 Å². The van der Waals surface area contributed by atoms with Crippen molar-refractivity contribution in [3.63, 3.8) is 0 Å². The van der Waals surface area contributed by atoms with Gasteiger partial charge in [-0.3, -0.25) is 9.69 Å². The SMILES string of the molecule is COCC[C@@H]1CN(C(=O)c2cccc3ccccc23)CCN1CC1C[C@@H](S)CN1. The lowest BCUT2D eigenvalue weighted by molar-refractivity contribution is 0.0370. The monoisotopic (exact) mass is 413 g/mol. The fourth-order valence-corrected chi connectivity index (χ4v) is 5.01. The molecule has 2 saturated heterocycles. The van der Waals surface area contributed by atoms with Crippen LogP contribution >= 0.6 is 12.6 Å². The summed E-state index contributed by atoms with van der Waals surface area (Å²) in [5, 5.41) is 6.18. The summed E-state index contributed by atoms with van der Waals surface area (Å²) in [5.41, 5.74) is 0.803. The number of methoxy groups -OCH3 is 1. The van der Waals surface area contributed by atoms with Crippen molar-refractivity contribution in [2.24, 2.45) is 0 Å². The molecule has 1 unspecified atom stereocenters. The van der Waals surface area contributed by atoms with E-state index in [2.05, 4.69) is 35.0 Å². The minimum Gasteiger partial charge on any atom is -0.385 e. The van der Waals surface area contributed by atoms with E-state index >= 15 is 0 Å². The van der Waals surface area contributed by atoms with Crippen molar-refractivity contribution in [2.75, 3.05) is 46.4 Å². The number of thiol groups is 1. The van der Waals surface area contributed by atoms with Crippen LogP contribution in [0, 0.1) is 0 Å². The summed E-state index contributed by atoms with van der Waals surface area (Å²) in [6.45, 7) is 5.13. The number of fused-ring (bicyclic) bond motifs is 1. The van der Waals surface area contributed by atoms with Crippen LogP contribution in [0.3, 0.4) is 0 Å². The zero-order valence-electron chi connectivity index (χ0n) is 17.1. The van der Waals surface area contributed by atoms with Gasteiger partial charge in [0.1, 0.15) is 0 Å². The fourth-order valence-electron chi connectivity index (χ4n) is 4.65. The van der Waals surface area contributed by atoms with E-state index in [4.69, 9.17) is 4.74 Å². The van der Waals surface area contributed by atoms with Crippen LogP contribution in [0.5, 0.6) is 0 Å². The zero-order valence-corrected chi connectivity index (χ0v) is 18.0. The first kappa shape index (κ1) is 20.7. The molecule has 4 rings (SSSR count). The lowest BCUT2D eigenvalue weighted by atomic mass is 10.0. The molecule has 1 N–H and O–H groups in total. The molecule has 0 spiro atoms. The van der Waals surface area contributed by atoms with Gasteiger partial charge in [0, 0.05) is 69.3 Å². The summed E-state index contributed by atoms with van der Waals surface area (Å²) in [7, 11) is 1.75. The van der Waals surface area contributed by atoms with Crippen LogP contribution in [0.2, 0.25) is 0 Å². The molecule has 2 aromatic carbocycles. The Morgan fingerprint density at radius 2 is 2.03 bits per heavy atom. The maximum Gasteiger partial charge on any atom is 0.254 e. The number of hydrogen-bond acceptors (Lipinski definition) is 5. The molecular formula is C23H31N3O2S. The van der Waals surface area contributed by atoms with Crippen LogP contribution in [0.15, 0.2) is 42.5 Å². The smallest absolute Gasteiger partial charge is 0.254 e. The van der Waals surface area contributed by atoms with Crippen LogP contribution in [-0.2, 0) is 4.74 Å². The van der Waals surface area contributed by atoms with Gasteiger partial charge in [0.15, 0.2) is 0 Å². The number of carbonyl (C=O) groups excluding carboxylic acids is 1. The van der Waals surface area contributed by atoms with Crippen molar-refractivity contribution in [3.05, 3.63) is 48.0 Å². The summed E-state index contributed by atoms with van der Waals surface area (Å²) in [6, 6.07) is 14.9. The van der Waals surface area contributed by atoms with E-state index in [0.717, 1.165) is 61.9 Å². The molecule has 2 aromatic rings. The highest BCUT2D eigenvalue weighted by Gasteiger charge is 2.33. The minimum atomic E-state index is 0.137. The molecule has 0 bridgehead atoms. The predicted octanol–water partition coefficient (Wildman–Crippen LogP) is 2.66. The highest BCUT2D eigenvalue weighted by molar-refractivity contribution is 7.81. The highest BCUT2D eigenvalue weighted by Crippen LogP contribution is 2.23. The molecule has 2 aliphatic heterocycles. The Morgan fingerprint density at radius 3 is 2.83 bits per heavy atom. The van der Waals surface area contributed by atoms with Crippen LogP contribution in [0.1, 0.15) is 23.2 Å². The number of piperazine rings is 1. The van der Waals surface area contributed by atoms with Gasteiger partial charge in [-0.1, -0.05) is 36.4 Å². The van der Waals surface area contributed by atoms with Crippen LogP contribution in [-0.4, -0.2) is 79.5 Å². The summed E-state index contributed by atoms with van der Waals surface area (Å²) in [4.78, 5) is 17.9. The van der Waals surface area contributed by atoms with Gasteiger partial charge in [0.05, 0.1) is 0 Å². The van der Waals surface area contributed by atoms with E-state index in [0.29, 0.717) is 23.9 Å². The Labute approximate surface area is 178 Å². The number of nitrogens with zero attached hydrogens (tertiary/aromatic N) is 2. The molecule has 29 heavy (non-hydrogen) atoms. The van der Waals surface area contributed by atoms with Crippen molar-refractivity contribution < 1.29 is 9.53 Å². The molecule has 0 radical (unpaired) electrons. The molecule has 0 aromatic heterocycles. The Kier molecular flexibility index (Phi) is 6.75. The Bertz CT molecular complexity index is 840. The van der Waals surface area contributed by atoms with Gasteiger partial charge < -0.3 is 15.0 Å². The number of carbonyl (C=O) groups is 1. The molecule has 2 aliphatic rings. The summed E-state index contributed by atoms with van der Waals surface area (Å²) in [5.74, 6) is 0.137. The van der Waals surface area contributed by atoms with Gasteiger partial charge in [-0.25, -0.2) is 0 Å². The average Bonchev–Trinajstić information content (AvgIpc) is 3.16. The number of rotatable bonds is 6. The van der Waals surface area contributed by atoms with Gasteiger partial charge in [-0.05, 0) is 29.7 Å². The van der Waals surface area contributed by atoms with E-state index in [1.54, 1.807) is 7.11 Å². The second-order valence-electron chi connectivity index (χ2n) is 8.20. The van der Waals surface area contributed by atoms with Crippen molar-refractivity contribution >= 4 is 29.3 Å². The normalized spacial score (nSPS) is 25.6. The lowest BCUT2D eigenvalue weighted by Gasteiger charge is -2.42. The van der Waals surface area contributed by atoms with Gasteiger partial charge in [0.25, 0.3) is 5.91 Å². The number of amides is 1.